The number of hydrogen-bond acceptors (Lipinski definition) is 9. The molecule has 4 aromatic rings. The van der Waals surface area contributed by atoms with Crippen molar-refractivity contribution in [2.75, 3.05) is 41.7 Å². The molecule has 0 saturated carbocycles. The second kappa shape index (κ2) is 11.5. The van der Waals surface area contributed by atoms with Gasteiger partial charge in [0.05, 0.1) is 34.0 Å². The number of hydrogen-bond donors (Lipinski definition) is 1. The first-order valence-corrected chi connectivity index (χ1v) is 11.4. The quantitative estimate of drug-likeness (QED) is 0.278. The Morgan fingerprint density at radius 1 is 0.763 bits per heavy atom. The van der Waals surface area contributed by atoms with Gasteiger partial charge in [-0.3, -0.25) is 4.79 Å². The topological polar surface area (TPSA) is 123 Å². The van der Waals surface area contributed by atoms with Gasteiger partial charge in [0.25, 0.3) is 0 Å². The third-order valence-electron chi connectivity index (χ3n) is 5.69. The van der Waals surface area contributed by atoms with Crippen LogP contribution in [0, 0.1) is 0 Å². The van der Waals surface area contributed by atoms with E-state index < -0.39 is 11.4 Å². The summed E-state index contributed by atoms with van der Waals surface area (Å²) in [4.78, 5) is 24.7. The molecule has 0 atom stereocenters. The van der Waals surface area contributed by atoms with E-state index in [-0.39, 0.29) is 47.0 Å². The third-order valence-corrected chi connectivity index (χ3v) is 5.69. The maximum absolute atomic E-state index is 13.7. The summed E-state index contributed by atoms with van der Waals surface area (Å²) in [6.45, 7) is 0.0741. The molecule has 1 heterocycles. The Hall–Kier alpha value is -4.86. The van der Waals surface area contributed by atoms with E-state index in [1.165, 1.54) is 40.6 Å². The minimum Gasteiger partial charge on any atom is -0.496 e. The van der Waals surface area contributed by atoms with Crippen molar-refractivity contribution in [2.24, 2.45) is 0 Å². The molecule has 0 saturated heterocycles. The molecule has 0 radical (unpaired) electrons. The molecule has 0 aliphatic rings. The highest BCUT2D eigenvalue weighted by atomic mass is 16.5. The van der Waals surface area contributed by atoms with Crippen LogP contribution >= 0.6 is 0 Å². The first kappa shape index (κ1) is 26.2. The standard InChI is InChI=1S/C28H26O10/c1-32-19-14-22(35-4)24-23(15-19)38-26(17-7-10-20(33-2)21(13-17)34-3)27(25(24)29)37-12-11-36-18-8-5-16(6-9-18)28(30)31/h5-10,13-15H,11-12H2,1-4H3,(H,30,31). The van der Waals surface area contributed by atoms with Gasteiger partial charge in [0, 0.05) is 17.7 Å². The van der Waals surface area contributed by atoms with E-state index in [2.05, 4.69) is 0 Å². The minimum atomic E-state index is -1.03. The van der Waals surface area contributed by atoms with E-state index in [1.54, 1.807) is 42.5 Å². The van der Waals surface area contributed by atoms with Crippen LogP contribution in [0.4, 0.5) is 0 Å². The Labute approximate surface area is 217 Å². The predicted molar refractivity (Wildman–Crippen MR) is 139 cm³/mol. The molecule has 38 heavy (non-hydrogen) atoms. The Balaban J connectivity index is 1.72. The maximum atomic E-state index is 13.7. The summed E-state index contributed by atoms with van der Waals surface area (Å²) in [6.07, 6.45) is 0. The van der Waals surface area contributed by atoms with Crippen molar-refractivity contribution < 1.29 is 42.7 Å². The van der Waals surface area contributed by atoms with Gasteiger partial charge in [-0.1, -0.05) is 0 Å². The molecule has 4 rings (SSSR count). The van der Waals surface area contributed by atoms with Gasteiger partial charge >= 0.3 is 5.97 Å². The lowest BCUT2D eigenvalue weighted by Gasteiger charge is -2.15. The first-order chi connectivity index (χ1) is 18.4. The van der Waals surface area contributed by atoms with Crippen LogP contribution in [0.25, 0.3) is 22.3 Å². The highest BCUT2D eigenvalue weighted by Crippen LogP contribution is 2.39. The van der Waals surface area contributed by atoms with Gasteiger partial charge in [0.2, 0.25) is 11.2 Å². The van der Waals surface area contributed by atoms with Gasteiger partial charge < -0.3 is 37.9 Å². The fourth-order valence-corrected chi connectivity index (χ4v) is 3.82. The maximum Gasteiger partial charge on any atom is 0.335 e. The summed E-state index contributed by atoms with van der Waals surface area (Å²) in [7, 11) is 5.97. The molecule has 1 aromatic heterocycles. The van der Waals surface area contributed by atoms with Crippen molar-refractivity contribution in [3.63, 3.8) is 0 Å². The zero-order chi connectivity index (χ0) is 27.2. The highest BCUT2D eigenvalue weighted by Gasteiger charge is 2.22. The number of benzene rings is 3. The average Bonchev–Trinajstić information content (AvgIpc) is 2.95. The van der Waals surface area contributed by atoms with E-state index in [1.807, 2.05) is 0 Å². The van der Waals surface area contributed by atoms with E-state index >= 15 is 0 Å². The number of ether oxygens (including phenoxy) is 6. The van der Waals surface area contributed by atoms with Gasteiger partial charge in [0.15, 0.2) is 17.3 Å². The van der Waals surface area contributed by atoms with Crippen LogP contribution in [0.2, 0.25) is 0 Å². The van der Waals surface area contributed by atoms with Crippen molar-refractivity contribution in [1.29, 1.82) is 0 Å². The van der Waals surface area contributed by atoms with Crippen LogP contribution in [-0.4, -0.2) is 52.7 Å². The smallest absolute Gasteiger partial charge is 0.335 e. The van der Waals surface area contributed by atoms with Crippen LogP contribution < -0.4 is 33.8 Å². The van der Waals surface area contributed by atoms with Crippen molar-refractivity contribution in [2.45, 2.75) is 0 Å². The lowest BCUT2D eigenvalue weighted by atomic mass is 10.1. The number of carboxylic acid groups (broad SMARTS) is 1. The molecule has 0 aliphatic heterocycles. The Kier molecular flexibility index (Phi) is 7.91. The normalized spacial score (nSPS) is 10.6. The van der Waals surface area contributed by atoms with Crippen molar-refractivity contribution >= 4 is 16.9 Å². The molecule has 198 valence electrons. The lowest BCUT2D eigenvalue weighted by Crippen LogP contribution is -2.16. The fraction of sp³-hybridized carbons (Fsp3) is 0.214. The van der Waals surface area contributed by atoms with E-state index in [4.69, 9.17) is 37.9 Å². The number of rotatable bonds is 11. The van der Waals surface area contributed by atoms with Gasteiger partial charge in [-0.05, 0) is 42.5 Å². The molecular weight excluding hydrogens is 496 g/mol. The molecule has 0 aliphatic carbocycles. The molecular formula is C28H26O10. The number of carboxylic acids is 1. The summed E-state index contributed by atoms with van der Waals surface area (Å²) >= 11 is 0. The summed E-state index contributed by atoms with van der Waals surface area (Å²) in [5.41, 5.74) is 0.468. The van der Waals surface area contributed by atoms with Crippen LogP contribution in [0.3, 0.4) is 0 Å². The van der Waals surface area contributed by atoms with Crippen LogP contribution in [-0.2, 0) is 0 Å². The minimum absolute atomic E-state index is 0.00426. The molecule has 0 bridgehead atoms. The van der Waals surface area contributed by atoms with Crippen LogP contribution in [0.1, 0.15) is 10.4 Å². The Bertz CT molecular complexity index is 1510. The van der Waals surface area contributed by atoms with Crippen molar-refractivity contribution in [1.82, 2.24) is 0 Å². The highest BCUT2D eigenvalue weighted by molar-refractivity contribution is 5.89. The second-order valence-electron chi connectivity index (χ2n) is 7.89. The summed E-state index contributed by atoms with van der Waals surface area (Å²) in [5.74, 6) is 1.22. The molecule has 0 spiro atoms. The lowest BCUT2D eigenvalue weighted by molar-refractivity contribution is 0.0697. The number of aromatic carboxylic acids is 1. The molecule has 10 nitrogen and oxygen atoms in total. The van der Waals surface area contributed by atoms with Crippen molar-refractivity contribution in [3.05, 3.63) is 70.4 Å². The predicted octanol–water partition coefficient (Wildman–Crippen LogP) is 4.65. The van der Waals surface area contributed by atoms with Crippen LogP contribution in [0.15, 0.2) is 63.8 Å². The van der Waals surface area contributed by atoms with Crippen molar-refractivity contribution in [3.8, 4) is 45.8 Å². The van der Waals surface area contributed by atoms with E-state index in [9.17, 15) is 9.59 Å². The van der Waals surface area contributed by atoms with Gasteiger partial charge in [-0.25, -0.2) is 4.79 Å². The van der Waals surface area contributed by atoms with E-state index in [0.717, 1.165) is 0 Å². The first-order valence-electron chi connectivity index (χ1n) is 11.4. The number of carbonyl (C=O) groups is 1. The molecule has 1 N–H and O–H groups in total. The van der Waals surface area contributed by atoms with Crippen LogP contribution in [0.5, 0.6) is 34.5 Å². The number of methoxy groups -OCH3 is 4. The largest absolute Gasteiger partial charge is 0.496 e. The summed E-state index contributed by atoms with van der Waals surface area (Å²) < 4.78 is 39.3. The molecule has 10 heteroatoms. The third kappa shape index (κ3) is 5.29. The Morgan fingerprint density at radius 2 is 1.45 bits per heavy atom. The Morgan fingerprint density at radius 3 is 2.08 bits per heavy atom. The molecule has 0 fully saturated rings. The zero-order valence-electron chi connectivity index (χ0n) is 21.2. The van der Waals surface area contributed by atoms with E-state index in [0.29, 0.717) is 28.6 Å². The second-order valence-corrected chi connectivity index (χ2v) is 7.89. The van der Waals surface area contributed by atoms with Gasteiger partial charge in [0.1, 0.15) is 41.4 Å². The monoisotopic (exact) mass is 522 g/mol. The SMILES string of the molecule is COc1cc(OC)c2c(=O)c(OCCOc3ccc(C(=O)O)cc3)c(-c3ccc(OC)c(OC)c3)oc2c1. The van der Waals surface area contributed by atoms with Gasteiger partial charge in [-0.15, -0.1) is 0 Å². The average molecular weight is 523 g/mol. The van der Waals surface area contributed by atoms with Gasteiger partial charge in [-0.2, -0.15) is 0 Å². The fourth-order valence-electron chi connectivity index (χ4n) is 3.82. The molecule has 3 aromatic carbocycles. The summed E-state index contributed by atoms with van der Waals surface area (Å²) in [6, 6.07) is 14.2. The summed E-state index contributed by atoms with van der Waals surface area (Å²) in [5, 5.41) is 9.23. The molecule has 0 amide bonds. The number of fused-ring (bicyclic) bond motifs is 1. The zero-order valence-corrected chi connectivity index (χ0v) is 21.2. The molecule has 0 unspecified atom stereocenters.